The Bertz CT molecular complexity index is 889. The number of aryl methyl sites for hydroxylation is 1. The fourth-order valence-electron chi connectivity index (χ4n) is 3.74. The molecule has 4 rings (SSSR count). The lowest BCUT2D eigenvalue weighted by Gasteiger charge is -2.32. The van der Waals surface area contributed by atoms with Crippen molar-refractivity contribution in [1.82, 2.24) is 9.47 Å². The van der Waals surface area contributed by atoms with E-state index in [4.69, 9.17) is 4.42 Å². The Hall–Kier alpha value is -2.01. The van der Waals surface area contributed by atoms with Crippen LogP contribution < -0.4 is 0 Å². The van der Waals surface area contributed by atoms with Gasteiger partial charge in [0.05, 0.1) is 5.52 Å². The zero-order valence-corrected chi connectivity index (χ0v) is 15.8. The highest BCUT2D eigenvalue weighted by atomic mass is 79.9. The number of hydrogen-bond donors (Lipinski definition) is 0. The number of furan rings is 1. The Morgan fingerprint density at radius 2 is 1.92 bits per heavy atom. The first kappa shape index (κ1) is 16.5. The minimum atomic E-state index is 0.100. The van der Waals surface area contributed by atoms with Crippen molar-refractivity contribution in [2.75, 3.05) is 13.1 Å². The lowest BCUT2D eigenvalue weighted by Crippen LogP contribution is -2.39. The summed E-state index contributed by atoms with van der Waals surface area (Å²) in [6.45, 7) is 1.65. The summed E-state index contributed by atoms with van der Waals surface area (Å²) in [4.78, 5) is 14.9. The van der Waals surface area contributed by atoms with E-state index in [-0.39, 0.29) is 5.91 Å². The largest absolute Gasteiger partial charge is 0.448 e. The molecule has 0 bridgehead atoms. The van der Waals surface area contributed by atoms with Gasteiger partial charge in [0.25, 0.3) is 5.91 Å². The average molecular weight is 401 g/mol. The summed E-state index contributed by atoms with van der Waals surface area (Å²) >= 11 is 3.33. The van der Waals surface area contributed by atoms with Crippen molar-refractivity contribution in [2.45, 2.75) is 19.3 Å². The van der Waals surface area contributed by atoms with Crippen molar-refractivity contribution in [3.63, 3.8) is 0 Å². The Morgan fingerprint density at radius 3 is 2.60 bits per heavy atom. The number of carbonyl (C=O) groups excluding carboxylic acids is 1. The summed E-state index contributed by atoms with van der Waals surface area (Å²) in [5.74, 6) is 0.760. The van der Waals surface area contributed by atoms with Gasteiger partial charge in [-0.2, -0.15) is 0 Å². The predicted octanol–water partition coefficient (Wildman–Crippen LogP) is 4.63. The average Bonchev–Trinajstić information content (AvgIpc) is 3.13. The van der Waals surface area contributed by atoms with E-state index in [0.717, 1.165) is 43.5 Å². The van der Waals surface area contributed by atoms with Gasteiger partial charge in [0, 0.05) is 32.3 Å². The second kappa shape index (κ2) is 6.71. The monoisotopic (exact) mass is 400 g/mol. The molecule has 0 atom stereocenters. The molecule has 1 fully saturated rings. The van der Waals surface area contributed by atoms with Crippen LogP contribution in [-0.4, -0.2) is 28.5 Å². The first-order valence-corrected chi connectivity index (χ1v) is 9.49. The van der Waals surface area contributed by atoms with Gasteiger partial charge in [-0.3, -0.25) is 4.79 Å². The van der Waals surface area contributed by atoms with Gasteiger partial charge in [-0.15, -0.1) is 0 Å². The van der Waals surface area contributed by atoms with E-state index in [1.807, 2.05) is 28.6 Å². The summed E-state index contributed by atoms with van der Waals surface area (Å²) in [7, 11) is 1.92. The topological polar surface area (TPSA) is 38.4 Å². The lowest BCUT2D eigenvalue weighted by atomic mass is 9.90. The van der Waals surface area contributed by atoms with E-state index in [1.165, 1.54) is 5.56 Å². The molecule has 0 unspecified atom stereocenters. The van der Waals surface area contributed by atoms with Crippen molar-refractivity contribution in [3.05, 3.63) is 58.4 Å². The van der Waals surface area contributed by atoms with E-state index in [0.29, 0.717) is 16.3 Å². The highest BCUT2D eigenvalue weighted by molar-refractivity contribution is 9.10. The number of hydrogen-bond acceptors (Lipinski definition) is 2. The predicted molar refractivity (Wildman–Crippen MR) is 102 cm³/mol. The fraction of sp³-hybridized carbons (Fsp3) is 0.350. The van der Waals surface area contributed by atoms with Crippen LogP contribution in [0.15, 0.2) is 51.6 Å². The molecule has 3 aromatic rings. The van der Waals surface area contributed by atoms with Gasteiger partial charge in [0.1, 0.15) is 5.69 Å². The van der Waals surface area contributed by atoms with Crippen molar-refractivity contribution in [3.8, 4) is 0 Å². The van der Waals surface area contributed by atoms with Crippen molar-refractivity contribution in [2.24, 2.45) is 13.0 Å². The maximum Gasteiger partial charge on any atom is 0.270 e. The quantitative estimate of drug-likeness (QED) is 0.642. The van der Waals surface area contributed by atoms with Crippen LogP contribution >= 0.6 is 15.9 Å². The van der Waals surface area contributed by atoms with E-state index < -0.39 is 0 Å². The van der Waals surface area contributed by atoms with Gasteiger partial charge in [-0.25, -0.2) is 0 Å². The number of aromatic nitrogens is 1. The maximum atomic E-state index is 12.9. The molecule has 1 aliphatic heterocycles. The molecule has 1 aromatic carbocycles. The highest BCUT2D eigenvalue weighted by Crippen LogP contribution is 2.28. The van der Waals surface area contributed by atoms with Crippen LogP contribution in [0.25, 0.3) is 11.1 Å². The number of nitrogens with zero attached hydrogens (tertiary/aromatic N) is 2. The standard InChI is InChI=1S/C20H21BrN2O2/c1-22-16-13-19(21)25-18(16)12-17(22)20(24)23-9-7-15(8-10-23)11-14-5-3-2-4-6-14/h2-6,12-13,15H,7-11H2,1H3. The number of rotatable bonds is 3. The summed E-state index contributed by atoms with van der Waals surface area (Å²) in [5.41, 5.74) is 3.77. The number of fused-ring (bicyclic) bond motifs is 1. The Morgan fingerprint density at radius 1 is 1.20 bits per heavy atom. The molecule has 0 radical (unpaired) electrons. The third-order valence-corrected chi connectivity index (χ3v) is 5.58. The molecule has 1 amide bonds. The number of likely N-dealkylation sites (tertiary alicyclic amines) is 1. The number of carbonyl (C=O) groups is 1. The molecule has 130 valence electrons. The molecule has 1 aliphatic rings. The number of benzene rings is 1. The summed E-state index contributed by atoms with van der Waals surface area (Å²) in [6, 6.07) is 14.4. The summed E-state index contributed by atoms with van der Waals surface area (Å²) in [5, 5.41) is 0. The van der Waals surface area contributed by atoms with Gasteiger partial charge in [-0.1, -0.05) is 30.3 Å². The zero-order chi connectivity index (χ0) is 17.4. The van der Waals surface area contributed by atoms with Crippen LogP contribution in [0.5, 0.6) is 0 Å². The minimum absolute atomic E-state index is 0.100. The van der Waals surface area contributed by atoms with Crippen molar-refractivity contribution < 1.29 is 9.21 Å². The maximum absolute atomic E-state index is 12.9. The second-order valence-corrected chi connectivity index (χ2v) is 7.60. The van der Waals surface area contributed by atoms with E-state index >= 15 is 0 Å². The molecular formula is C20H21BrN2O2. The number of piperidine rings is 1. The highest BCUT2D eigenvalue weighted by Gasteiger charge is 2.26. The van der Waals surface area contributed by atoms with Crippen LogP contribution in [0.3, 0.4) is 0 Å². The van der Waals surface area contributed by atoms with Crippen LogP contribution in [0.4, 0.5) is 0 Å². The van der Waals surface area contributed by atoms with E-state index in [9.17, 15) is 4.79 Å². The number of amides is 1. The van der Waals surface area contributed by atoms with Crippen LogP contribution in [0.1, 0.15) is 28.9 Å². The molecule has 5 heteroatoms. The van der Waals surface area contributed by atoms with E-state index in [1.54, 1.807) is 0 Å². The second-order valence-electron chi connectivity index (χ2n) is 6.81. The SMILES string of the molecule is Cn1c(C(=O)N2CCC(Cc3ccccc3)CC2)cc2oc(Br)cc21. The molecular weight excluding hydrogens is 380 g/mol. The van der Waals surface area contributed by atoms with Crippen LogP contribution in [0.2, 0.25) is 0 Å². The zero-order valence-electron chi connectivity index (χ0n) is 14.2. The molecule has 0 saturated carbocycles. The molecule has 0 aliphatic carbocycles. The lowest BCUT2D eigenvalue weighted by molar-refractivity contribution is 0.0681. The molecule has 0 N–H and O–H groups in total. The van der Waals surface area contributed by atoms with Gasteiger partial charge < -0.3 is 13.9 Å². The van der Waals surface area contributed by atoms with E-state index in [2.05, 4.69) is 46.3 Å². The first-order valence-electron chi connectivity index (χ1n) is 8.70. The molecule has 25 heavy (non-hydrogen) atoms. The van der Waals surface area contributed by atoms with Gasteiger partial charge in [0.2, 0.25) is 0 Å². The third-order valence-electron chi connectivity index (χ3n) is 5.19. The molecule has 3 heterocycles. The minimum Gasteiger partial charge on any atom is -0.448 e. The third kappa shape index (κ3) is 3.25. The Balaban J connectivity index is 1.42. The fourth-order valence-corrected chi connectivity index (χ4v) is 4.13. The Kier molecular flexibility index (Phi) is 4.42. The van der Waals surface area contributed by atoms with Crippen molar-refractivity contribution in [1.29, 1.82) is 0 Å². The summed E-state index contributed by atoms with van der Waals surface area (Å²) in [6.07, 6.45) is 3.23. The van der Waals surface area contributed by atoms with Crippen LogP contribution in [-0.2, 0) is 13.5 Å². The molecule has 0 spiro atoms. The van der Waals surface area contributed by atoms with Crippen LogP contribution in [0, 0.1) is 5.92 Å². The Labute approximate surface area is 155 Å². The van der Waals surface area contributed by atoms with Gasteiger partial charge in [0.15, 0.2) is 10.3 Å². The smallest absolute Gasteiger partial charge is 0.270 e. The van der Waals surface area contributed by atoms with Gasteiger partial charge >= 0.3 is 0 Å². The normalized spacial score (nSPS) is 15.8. The molecule has 2 aromatic heterocycles. The molecule has 1 saturated heterocycles. The molecule has 4 nitrogen and oxygen atoms in total. The van der Waals surface area contributed by atoms with Crippen molar-refractivity contribution >= 4 is 32.9 Å². The van der Waals surface area contributed by atoms with Gasteiger partial charge in [-0.05, 0) is 46.7 Å². The summed E-state index contributed by atoms with van der Waals surface area (Å²) < 4.78 is 8.18. The first-order chi connectivity index (χ1) is 12.1. The number of halogens is 1.